The van der Waals surface area contributed by atoms with E-state index in [0.29, 0.717) is 30.9 Å². The van der Waals surface area contributed by atoms with Gasteiger partial charge in [-0.15, -0.1) is 0 Å². The van der Waals surface area contributed by atoms with Crippen molar-refractivity contribution in [2.75, 3.05) is 18.4 Å². The van der Waals surface area contributed by atoms with E-state index >= 15 is 0 Å². The van der Waals surface area contributed by atoms with Crippen molar-refractivity contribution in [1.82, 2.24) is 14.1 Å². The summed E-state index contributed by atoms with van der Waals surface area (Å²) in [5.41, 5.74) is 1.45. The highest BCUT2D eigenvalue weighted by molar-refractivity contribution is 7.89. The van der Waals surface area contributed by atoms with Crippen molar-refractivity contribution < 1.29 is 22.7 Å². The minimum Gasteiger partial charge on any atom is -0.506 e. The van der Waals surface area contributed by atoms with Crippen LogP contribution in [0.15, 0.2) is 53.6 Å². The molecule has 0 bridgehead atoms. The van der Waals surface area contributed by atoms with Crippen molar-refractivity contribution in [2.24, 2.45) is 0 Å². The zero-order valence-corrected chi connectivity index (χ0v) is 18.3. The highest BCUT2D eigenvalue weighted by Gasteiger charge is 2.28. The van der Waals surface area contributed by atoms with Crippen LogP contribution in [0.4, 0.5) is 10.1 Å². The first-order valence-electron chi connectivity index (χ1n) is 10.3. The SMILES string of the molecule is CCc1c(C(=O)Nc2cc(S(=O)(=O)N3CCCC3)ccc2O)cnn1-c1ccc(F)cc1. The maximum atomic E-state index is 13.3. The van der Waals surface area contributed by atoms with Crippen LogP contribution in [0.1, 0.15) is 35.8 Å². The molecule has 10 heteroatoms. The molecule has 0 unspecified atom stereocenters. The average Bonchev–Trinajstić information content (AvgIpc) is 3.46. The smallest absolute Gasteiger partial charge is 0.259 e. The molecule has 1 fully saturated rings. The van der Waals surface area contributed by atoms with Gasteiger partial charge in [0.05, 0.1) is 33.7 Å². The largest absolute Gasteiger partial charge is 0.506 e. The number of phenols is 1. The van der Waals surface area contributed by atoms with Crippen LogP contribution >= 0.6 is 0 Å². The second kappa shape index (κ2) is 8.71. The molecule has 3 aromatic rings. The Morgan fingerprint density at radius 2 is 1.84 bits per heavy atom. The molecule has 2 heterocycles. The molecule has 4 rings (SSSR count). The monoisotopic (exact) mass is 458 g/mol. The van der Waals surface area contributed by atoms with Gasteiger partial charge in [0, 0.05) is 13.1 Å². The summed E-state index contributed by atoms with van der Waals surface area (Å²) in [7, 11) is -3.70. The number of carbonyl (C=O) groups excluding carboxylic acids is 1. The third-order valence-corrected chi connectivity index (χ3v) is 7.33. The third kappa shape index (κ3) is 4.11. The number of rotatable bonds is 6. The Labute approximate surface area is 185 Å². The Morgan fingerprint density at radius 1 is 1.16 bits per heavy atom. The van der Waals surface area contributed by atoms with E-state index in [4.69, 9.17) is 0 Å². The van der Waals surface area contributed by atoms with Crippen LogP contribution in [-0.4, -0.2) is 46.6 Å². The van der Waals surface area contributed by atoms with Gasteiger partial charge in [-0.3, -0.25) is 4.79 Å². The van der Waals surface area contributed by atoms with E-state index in [1.165, 1.54) is 40.8 Å². The number of aromatic nitrogens is 2. The molecule has 0 spiro atoms. The average molecular weight is 459 g/mol. The van der Waals surface area contributed by atoms with Crippen molar-refractivity contribution in [3.63, 3.8) is 0 Å². The summed E-state index contributed by atoms with van der Waals surface area (Å²) in [6, 6.07) is 9.56. The fraction of sp³-hybridized carbons (Fsp3) is 0.273. The molecule has 168 valence electrons. The number of benzene rings is 2. The first kappa shape index (κ1) is 22.0. The summed E-state index contributed by atoms with van der Waals surface area (Å²) in [4.78, 5) is 13.0. The molecule has 1 saturated heterocycles. The van der Waals surface area contributed by atoms with E-state index in [1.54, 1.807) is 16.8 Å². The fourth-order valence-electron chi connectivity index (χ4n) is 3.75. The number of hydrogen-bond acceptors (Lipinski definition) is 5. The predicted molar refractivity (Wildman–Crippen MR) is 117 cm³/mol. The zero-order chi connectivity index (χ0) is 22.9. The van der Waals surface area contributed by atoms with Gasteiger partial charge in [-0.2, -0.15) is 9.40 Å². The number of anilines is 1. The first-order chi connectivity index (χ1) is 15.3. The molecule has 1 amide bonds. The number of nitrogens with one attached hydrogen (secondary N) is 1. The maximum Gasteiger partial charge on any atom is 0.259 e. The molecule has 1 aromatic heterocycles. The Bertz CT molecular complexity index is 1250. The third-order valence-electron chi connectivity index (χ3n) is 5.44. The molecule has 2 aromatic carbocycles. The summed E-state index contributed by atoms with van der Waals surface area (Å²) in [6.07, 6.45) is 3.46. The lowest BCUT2D eigenvalue weighted by Crippen LogP contribution is -2.28. The van der Waals surface area contributed by atoms with Crippen LogP contribution in [0.5, 0.6) is 5.75 Å². The molecular weight excluding hydrogens is 435 g/mol. The predicted octanol–water partition coefficient (Wildman–Crippen LogP) is 3.32. The summed E-state index contributed by atoms with van der Waals surface area (Å²) in [5, 5.41) is 17.1. The topological polar surface area (TPSA) is 105 Å². The van der Waals surface area contributed by atoms with Gasteiger partial charge in [-0.05, 0) is 61.7 Å². The number of carbonyl (C=O) groups is 1. The number of phenolic OH excluding ortho intramolecular Hbond substituents is 1. The van der Waals surface area contributed by atoms with E-state index in [-0.39, 0.29) is 27.7 Å². The fourth-order valence-corrected chi connectivity index (χ4v) is 5.30. The van der Waals surface area contributed by atoms with Gasteiger partial charge < -0.3 is 10.4 Å². The molecule has 0 atom stereocenters. The molecule has 1 aliphatic rings. The Kier molecular flexibility index (Phi) is 5.98. The van der Waals surface area contributed by atoms with Crippen LogP contribution in [0.3, 0.4) is 0 Å². The van der Waals surface area contributed by atoms with Crippen LogP contribution in [0, 0.1) is 5.82 Å². The molecule has 0 radical (unpaired) electrons. The van der Waals surface area contributed by atoms with Crippen LogP contribution in [0.25, 0.3) is 5.69 Å². The van der Waals surface area contributed by atoms with Gasteiger partial charge in [-0.1, -0.05) is 6.92 Å². The molecule has 32 heavy (non-hydrogen) atoms. The zero-order valence-electron chi connectivity index (χ0n) is 17.5. The minimum atomic E-state index is -3.70. The van der Waals surface area contributed by atoms with E-state index in [1.807, 2.05) is 6.92 Å². The van der Waals surface area contributed by atoms with Crippen LogP contribution in [0.2, 0.25) is 0 Å². The van der Waals surface area contributed by atoms with Crippen molar-refractivity contribution in [3.05, 3.63) is 65.7 Å². The lowest BCUT2D eigenvalue weighted by Gasteiger charge is -2.16. The summed E-state index contributed by atoms with van der Waals surface area (Å²) >= 11 is 0. The molecule has 0 aliphatic carbocycles. The summed E-state index contributed by atoms with van der Waals surface area (Å²) in [5.74, 6) is -1.17. The molecule has 1 aliphatic heterocycles. The lowest BCUT2D eigenvalue weighted by atomic mass is 10.1. The Morgan fingerprint density at radius 3 is 2.50 bits per heavy atom. The van der Waals surface area contributed by atoms with Crippen LogP contribution < -0.4 is 5.32 Å². The van der Waals surface area contributed by atoms with E-state index in [0.717, 1.165) is 12.8 Å². The normalized spacial score (nSPS) is 14.6. The van der Waals surface area contributed by atoms with Crippen molar-refractivity contribution >= 4 is 21.6 Å². The van der Waals surface area contributed by atoms with E-state index < -0.39 is 15.9 Å². The highest BCUT2D eigenvalue weighted by Crippen LogP contribution is 2.30. The number of nitrogens with zero attached hydrogens (tertiary/aromatic N) is 3. The molecule has 8 nitrogen and oxygen atoms in total. The summed E-state index contributed by atoms with van der Waals surface area (Å²) in [6.45, 7) is 2.76. The van der Waals surface area contributed by atoms with Gasteiger partial charge in [0.2, 0.25) is 10.0 Å². The number of amides is 1. The molecule has 2 N–H and O–H groups in total. The Balaban J connectivity index is 1.63. The second-order valence-corrected chi connectivity index (χ2v) is 9.43. The second-order valence-electron chi connectivity index (χ2n) is 7.49. The van der Waals surface area contributed by atoms with Gasteiger partial charge in [0.25, 0.3) is 5.91 Å². The van der Waals surface area contributed by atoms with Crippen molar-refractivity contribution in [3.8, 4) is 11.4 Å². The standard InChI is InChI=1S/C22H23FN4O4S/c1-2-20-18(14-24-27(20)16-7-5-15(23)6-8-16)22(29)25-19-13-17(9-10-21(19)28)32(30,31)26-11-3-4-12-26/h5-10,13-14,28H,2-4,11-12H2,1H3,(H,25,29). The van der Waals surface area contributed by atoms with Gasteiger partial charge in [0.1, 0.15) is 11.6 Å². The number of aromatic hydroxyl groups is 1. The van der Waals surface area contributed by atoms with E-state index in [9.17, 15) is 22.7 Å². The van der Waals surface area contributed by atoms with Gasteiger partial charge >= 0.3 is 0 Å². The summed E-state index contributed by atoms with van der Waals surface area (Å²) < 4.78 is 41.9. The lowest BCUT2D eigenvalue weighted by molar-refractivity contribution is 0.102. The quantitative estimate of drug-likeness (QED) is 0.552. The van der Waals surface area contributed by atoms with Crippen molar-refractivity contribution in [1.29, 1.82) is 0 Å². The maximum absolute atomic E-state index is 13.3. The molecule has 0 saturated carbocycles. The van der Waals surface area contributed by atoms with Gasteiger partial charge in [0.15, 0.2) is 0 Å². The number of hydrogen-bond donors (Lipinski definition) is 2. The minimum absolute atomic E-state index is 0.00484. The first-order valence-corrected chi connectivity index (χ1v) is 11.7. The van der Waals surface area contributed by atoms with E-state index in [2.05, 4.69) is 10.4 Å². The van der Waals surface area contributed by atoms with Gasteiger partial charge in [-0.25, -0.2) is 17.5 Å². The number of halogens is 1. The number of sulfonamides is 1. The Hall–Kier alpha value is -3.24. The van der Waals surface area contributed by atoms with Crippen molar-refractivity contribution in [2.45, 2.75) is 31.1 Å². The molecular formula is C22H23FN4O4S. The van der Waals surface area contributed by atoms with Crippen LogP contribution in [-0.2, 0) is 16.4 Å². The highest BCUT2D eigenvalue weighted by atomic mass is 32.2.